The van der Waals surface area contributed by atoms with Crippen LogP contribution in [-0.2, 0) is 14.6 Å². The number of nitrogens with one attached hydrogen (secondary N) is 1. The lowest BCUT2D eigenvalue weighted by molar-refractivity contribution is -0.117. The van der Waals surface area contributed by atoms with Gasteiger partial charge in [0.1, 0.15) is 5.78 Å². The Labute approximate surface area is 91.4 Å². The third-order valence-electron chi connectivity index (χ3n) is 2.55. The molecule has 15 heavy (non-hydrogen) atoms. The van der Waals surface area contributed by atoms with Crippen molar-refractivity contribution in [1.29, 1.82) is 0 Å². The largest absolute Gasteiger partial charge is 0.307 e. The summed E-state index contributed by atoms with van der Waals surface area (Å²) in [6, 6.07) is 0.496. The Bertz CT molecular complexity index is 318. The molecule has 1 saturated carbocycles. The maximum atomic E-state index is 11.4. The number of carbonyl (C=O) groups excluding carboxylic acids is 1. The van der Waals surface area contributed by atoms with Crippen molar-refractivity contribution in [3.63, 3.8) is 0 Å². The highest BCUT2D eigenvalue weighted by Gasteiger charge is 2.22. The quantitative estimate of drug-likeness (QED) is 0.696. The first-order valence-corrected chi connectivity index (χ1v) is 7.10. The summed E-state index contributed by atoms with van der Waals surface area (Å²) in [5.74, 6) is -0.0262. The van der Waals surface area contributed by atoms with Crippen LogP contribution in [0.2, 0.25) is 0 Å². The van der Waals surface area contributed by atoms with Crippen LogP contribution in [0.15, 0.2) is 0 Å². The lowest BCUT2D eigenvalue weighted by Gasteiger charge is -2.07. The maximum Gasteiger partial charge on any atom is 0.153 e. The van der Waals surface area contributed by atoms with Crippen LogP contribution in [0.5, 0.6) is 0 Å². The Morgan fingerprint density at radius 2 is 2.00 bits per heavy atom. The molecule has 1 N–H and O–H groups in total. The number of sulfone groups is 1. The van der Waals surface area contributed by atoms with E-state index in [9.17, 15) is 13.2 Å². The highest BCUT2D eigenvalue weighted by atomic mass is 32.2. The fourth-order valence-electron chi connectivity index (χ4n) is 1.13. The van der Waals surface area contributed by atoms with E-state index in [0.717, 1.165) is 12.8 Å². The highest BCUT2D eigenvalue weighted by molar-refractivity contribution is 7.91. The standard InChI is InChI=1S/C10H19NO3S/c1-8(2)15(13,14)6-5-10(12)7-11-9-3-4-9/h8-9,11H,3-7H2,1-2H3. The molecule has 0 aromatic heterocycles. The number of rotatable bonds is 7. The molecule has 0 spiro atoms. The molecule has 4 nitrogen and oxygen atoms in total. The van der Waals surface area contributed by atoms with Gasteiger partial charge in [-0.1, -0.05) is 0 Å². The van der Waals surface area contributed by atoms with Gasteiger partial charge in [-0.2, -0.15) is 0 Å². The molecular weight excluding hydrogens is 214 g/mol. The summed E-state index contributed by atoms with van der Waals surface area (Å²) in [6.45, 7) is 3.60. The van der Waals surface area contributed by atoms with Crippen LogP contribution in [0.3, 0.4) is 0 Å². The zero-order valence-corrected chi connectivity index (χ0v) is 10.1. The Hall–Kier alpha value is -0.420. The Kier molecular flexibility index (Phi) is 4.28. The van der Waals surface area contributed by atoms with Gasteiger partial charge in [-0.15, -0.1) is 0 Å². The molecule has 0 amide bonds. The van der Waals surface area contributed by atoms with Crippen molar-refractivity contribution in [2.75, 3.05) is 12.3 Å². The molecule has 1 aliphatic carbocycles. The monoisotopic (exact) mass is 233 g/mol. The summed E-state index contributed by atoms with van der Waals surface area (Å²) in [4.78, 5) is 11.3. The number of ketones is 1. The first-order valence-electron chi connectivity index (χ1n) is 5.38. The van der Waals surface area contributed by atoms with E-state index in [2.05, 4.69) is 5.32 Å². The smallest absolute Gasteiger partial charge is 0.153 e. The predicted molar refractivity (Wildman–Crippen MR) is 59.6 cm³/mol. The third kappa shape index (κ3) is 4.75. The molecule has 0 aromatic carbocycles. The topological polar surface area (TPSA) is 63.2 Å². The molecule has 1 rings (SSSR count). The van der Waals surface area contributed by atoms with E-state index in [1.165, 1.54) is 0 Å². The van der Waals surface area contributed by atoms with Gasteiger partial charge in [0.2, 0.25) is 0 Å². The van der Waals surface area contributed by atoms with Crippen LogP contribution in [0.25, 0.3) is 0 Å². The van der Waals surface area contributed by atoms with Crippen molar-refractivity contribution >= 4 is 15.6 Å². The average Bonchev–Trinajstić information content (AvgIpc) is 2.94. The van der Waals surface area contributed by atoms with Gasteiger partial charge in [0, 0.05) is 12.5 Å². The van der Waals surface area contributed by atoms with Crippen molar-refractivity contribution in [2.24, 2.45) is 0 Å². The van der Waals surface area contributed by atoms with Crippen molar-refractivity contribution in [2.45, 2.75) is 44.4 Å². The molecule has 0 saturated heterocycles. The minimum Gasteiger partial charge on any atom is -0.307 e. The van der Waals surface area contributed by atoms with Crippen LogP contribution in [0.1, 0.15) is 33.1 Å². The summed E-state index contributed by atoms with van der Waals surface area (Å²) in [6.07, 6.45) is 2.41. The predicted octanol–water partition coefficient (Wildman–Crippen LogP) is 0.521. The van der Waals surface area contributed by atoms with E-state index in [4.69, 9.17) is 0 Å². The average molecular weight is 233 g/mol. The van der Waals surface area contributed by atoms with Crippen LogP contribution in [0, 0.1) is 0 Å². The fourth-order valence-corrected chi connectivity index (χ4v) is 2.11. The van der Waals surface area contributed by atoms with E-state index in [0.29, 0.717) is 12.6 Å². The fraction of sp³-hybridized carbons (Fsp3) is 0.900. The van der Waals surface area contributed by atoms with Gasteiger partial charge in [0.05, 0.1) is 17.5 Å². The number of hydrogen-bond acceptors (Lipinski definition) is 4. The van der Waals surface area contributed by atoms with Crippen LogP contribution in [-0.4, -0.2) is 37.8 Å². The van der Waals surface area contributed by atoms with Gasteiger partial charge in [-0.25, -0.2) is 8.42 Å². The second kappa shape index (κ2) is 5.07. The summed E-state index contributed by atoms with van der Waals surface area (Å²) < 4.78 is 22.8. The Balaban J connectivity index is 2.20. The van der Waals surface area contributed by atoms with E-state index in [-0.39, 0.29) is 23.2 Å². The van der Waals surface area contributed by atoms with E-state index >= 15 is 0 Å². The van der Waals surface area contributed by atoms with Crippen molar-refractivity contribution in [3.05, 3.63) is 0 Å². The number of hydrogen-bond donors (Lipinski definition) is 1. The number of carbonyl (C=O) groups is 1. The lowest BCUT2D eigenvalue weighted by atomic mass is 10.3. The molecule has 1 aliphatic rings. The first kappa shape index (κ1) is 12.6. The Morgan fingerprint density at radius 1 is 1.40 bits per heavy atom. The van der Waals surface area contributed by atoms with Crippen molar-refractivity contribution in [3.8, 4) is 0 Å². The molecule has 0 aromatic rings. The summed E-state index contributed by atoms with van der Waals surface area (Å²) >= 11 is 0. The van der Waals surface area contributed by atoms with Gasteiger partial charge in [0.25, 0.3) is 0 Å². The Morgan fingerprint density at radius 3 is 2.47 bits per heavy atom. The zero-order chi connectivity index (χ0) is 11.5. The van der Waals surface area contributed by atoms with E-state index in [1.54, 1.807) is 13.8 Å². The van der Waals surface area contributed by atoms with Crippen LogP contribution in [0.4, 0.5) is 0 Å². The molecule has 0 bridgehead atoms. The van der Waals surface area contributed by atoms with Gasteiger partial charge >= 0.3 is 0 Å². The van der Waals surface area contributed by atoms with E-state index in [1.807, 2.05) is 0 Å². The molecule has 0 heterocycles. The van der Waals surface area contributed by atoms with Gasteiger partial charge in [-0.05, 0) is 26.7 Å². The number of Topliss-reactive ketones (excluding diaryl/α,β-unsaturated/α-hetero) is 1. The first-order chi connectivity index (χ1) is 6.92. The highest BCUT2D eigenvalue weighted by Crippen LogP contribution is 2.18. The summed E-state index contributed by atoms with van der Waals surface area (Å²) in [7, 11) is -3.06. The molecule has 5 heteroatoms. The molecule has 0 aliphatic heterocycles. The van der Waals surface area contributed by atoms with Crippen LogP contribution >= 0.6 is 0 Å². The second-order valence-electron chi connectivity index (χ2n) is 4.36. The molecule has 0 atom stereocenters. The third-order valence-corrected chi connectivity index (χ3v) is 4.76. The molecule has 1 fully saturated rings. The molecule has 0 unspecified atom stereocenters. The van der Waals surface area contributed by atoms with Gasteiger partial charge in [0.15, 0.2) is 9.84 Å². The van der Waals surface area contributed by atoms with Crippen molar-refractivity contribution < 1.29 is 13.2 Å². The minimum atomic E-state index is -3.06. The maximum absolute atomic E-state index is 11.4. The van der Waals surface area contributed by atoms with Gasteiger partial charge < -0.3 is 5.32 Å². The zero-order valence-electron chi connectivity index (χ0n) is 9.32. The lowest BCUT2D eigenvalue weighted by Crippen LogP contribution is -2.27. The normalized spacial score (nSPS) is 17.0. The summed E-state index contributed by atoms with van der Waals surface area (Å²) in [5.41, 5.74) is 0. The van der Waals surface area contributed by atoms with Crippen molar-refractivity contribution in [1.82, 2.24) is 5.32 Å². The molecule has 0 radical (unpaired) electrons. The minimum absolute atomic E-state index is 0.00822. The second-order valence-corrected chi connectivity index (χ2v) is 7.04. The van der Waals surface area contributed by atoms with Gasteiger partial charge in [-0.3, -0.25) is 4.79 Å². The van der Waals surface area contributed by atoms with E-state index < -0.39 is 9.84 Å². The summed E-state index contributed by atoms with van der Waals surface area (Å²) in [5, 5.41) is 2.69. The van der Waals surface area contributed by atoms with Crippen LogP contribution < -0.4 is 5.32 Å². The molecule has 88 valence electrons. The molecular formula is C10H19NO3S. The SMILES string of the molecule is CC(C)S(=O)(=O)CCC(=O)CNC1CC1.